The number of methoxy groups -OCH3 is 1. The van der Waals surface area contributed by atoms with Gasteiger partial charge in [-0.05, 0) is 25.7 Å². The van der Waals surface area contributed by atoms with Gasteiger partial charge < -0.3 is 15.0 Å². The lowest BCUT2D eigenvalue weighted by molar-refractivity contribution is -0.149. The van der Waals surface area contributed by atoms with Gasteiger partial charge in [0.2, 0.25) is 0 Å². The van der Waals surface area contributed by atoms with Crippen LogP contribution in [-0.2, 0) is 9.53 Å². The Morgan fingerprint density at radius 3 is 2.05 bits per heavy atom. The van der Waals surface area contributed by atoms with Crippen molar-refractivity contribution < 1.29 is 14.3 Å². The molecule has 1 rings (SSSR count). The summed E-state index contributed by atoms with van der Waals surface area (Å²) in [5.41, 5.74) is -0.819. The third-order valence-corrected chi connectivity index (χ3v) is 4.48. The lowest BCUT2D eigenvalue weighted by Crippen LogP contribution is -2.59. The van der Waals surface area contributed by atoms with E-state index in [0.29, 0.717) is 12.8 Å². The molecule has 0 spiro atoms. The third kappa shape index (κ3) is 5.18. The van der Waals surface area contributed by atoms with Crippen LogP contribution in [0.5, 0.6) is 0 Å². The van der Waals surface area contributed by atoms with Gasteiger partial charge in [0.1, 0.15) is 5.54 Å². The van der Waals surface area contributed by atoms with Crippen molar-refractivity contribution in [1.29, 1.82) is 0 Å². The van der Waals surface area contributed by atoms with Crippen molar-refractivity contribution in [3.8, 4) is 0 Å². The molecule has 0 bridgehead atoms. The normalized spacial score (nSPS) is 16.9. The van der Waals surface area contributed by atoms with Crippen LogP contribution in [0.25, 0.3) is 0 Å². The number of urea groups is 1. The van der Waals surface area contributed by atoms with Gasteiger partial charge in [-0.1, -0.05) is 46.0 Å². The zero-order valence-corrected chi connectivity index (χ0v) is 14.5. The first-order valence-electron chi connectivity index (χ1n) is 8.75. The van der Waals surface area contributed by atoms with Crippen molar-refractivity contribution in [2.24, 2.45) is 0 Å². The molecule has 22 heavy (non-hydrogen) atoms. The fraction of sp³-hybridized carbons (Fsp3) is 0.882. The van der Waals surface area contributed by atoms with Crippen LogP contribution in [0.4, 0.5) is 4.79 Å². The third-order valence-electron chi connectivity index (χ3n) is 4.48. The molecular weight excluding hydrogens is 280 g/mol. The molecule has 1 fully saturated rings. The highest BCUT2D eigenvalue weighted by atomic mass is 16.5. The molecule has 0 aromatic carbocycles. The summed E-state index contributed by atoms with van der Waals surface area (Å²) in [6, 6.07) is -0.116. The average molecular weight is 312 g/mol. The lowest BCUT2D eigenvalue weighted by atomic mass is 9.81. The van der Waals surface area contributed by atoms with Gasteiger partial charge in [0.15, 0.2) is 0 Å². The van der Waals surface area contributed by atoms with Crippen LogP contribution in [0.2, 0.25) is 0 Å². The van der Waals surface area contributed by atoms with Crippen LogP contribution in [0.3, 0.4) is 0 Å². The predicted molar refractivity (Wildman–Crippen MR) is 87.8 cm³/mol. The molecule has 1 saturated carbocycles. The van der Waals surface area contributed by atoms with Crippen molar-refractivity contribution in [2.45, 2.75) is 77.2 Å². The van der Waals surface area contributed by atoms with Crippen molar-refractivity contribution in [2.75, 3.05) is 20.2 Å². The van der Waals surface area contributed by atoms with Gasteiger partial charge in [-0.3, -0.25) is 0 Å². The molecule has 0 aromatic rings. The second kappa shape index (κ2) is 9.70. The minimum absolute atomic E-state index is 0.116. The molecule has 5 nitrogen and oxygen atoms in total. The highest BCUT2D eigenvalue weighted by molar-refractivity contribution is 5.87. The van der Waals surface area contributed by atoms with Gasteiger partial charge in [-0.25, -0.2) is 9.59 Å². The minimum atomic E-state index is -0.819. The van der Waals surface area contributed by atoms with Crippen molar-refractivity contribution >= 4 is 12.0 Å². The van der Waals surface area contributed by atoms with Gasteiger partial charge in [-0.15, -0.1) is 0 Å². The molecule has 1 N–H and O–H groups in total. The fourth-order valence-electron chi connectivity index (χ4n) is 3.03. The fourth-order valence-corrected chi connectivity index (χ4v) is 3.03. The number of carbonyl (C=O) groups is 2. The number of unbranched alkanes of at least 4 members (excludes halogenated alkanes) is 2. The number of hydrogen-bond acceptors (Lipinski definition) is 3. The maximum Gasteiger partial charge on any atom is 0.331 e. The van der Waals surface area contributed by atoms with E-state index in [4.69, 9.17) is 4.74 Å². The van der Waals surface area contributed by atoms with Crippen molar-refractivity contribution in [1.82, 2.24) is 10.2 Å². The molecule has 0 atom stereocenters. The second-order valence-electron chi connectivity index (χ2n) is 6.26. The van der Waals surface area contributed by atoms with Crippen LogP contribution >= 0.6 is 0 Å². The zero-order valence-electron chi connectivity index (χ0n) is 14.5. The molecule has 0 saturated heterocycles. The number of esters is 1. The molecule has 1 aliphatic rings. The molecule has 128 valence electrons. The minimum Gasteiger partial charge on any atom is -0.467 e. The predicted octanol–water partition coefficient (Wildman–Crippen LogP) is 3.47. The average Bonchev–Trinajstić information content (AvgIpc) is 2.54. The van der Waals surface area contributed by atoms with E-state index < -0.39 is 5.54 Å². The highest BCUT2D eigenvalue weighted by Crippen LogP contribution is 2.29. The quantitative estimate of drug-likeness (QED) is 0.698. The number of rotatable bonds is 8. The van der Waals surface area contributed by atoms with Crippen molar-refractivity contribution in [3.63, 3.8) is 0 Å². The molecule has 5 heteroatoms. The van der Waals surface area contributed by atoms with E-state index in [1.807, 2.05) is 4.90 Å². The number of nitrogens with zero attached hydrogens (tertiary/aromatic N) is 1. The van der Waals surface area contributed by atoms with Crippen molar-refractivity contribution in [3.05, 3.63) is 0 Å². The number of nitrogens with one attached hydrogen (secondary N) is 1. The number of carbonyl (C=O) groups excluding carboxylic acids is 2. The van der Waals surface area contributed by atoms with Gasteiger partial charge in [0.25, 0.3) is 0 Å². The first-order valence-corrected chi connectivity index (χ1v) is 8.75. The van der Waals surface area contributed by atoms with E-state index in [-0.39, 0.29) is 12.0 Å². The Balaban J connectivity index is 2.75. The molecule has 0 aromatic heterocycles. The van der Waals surface area contributed by atoms with E-state index >= 15 is 0 Å². The Morgan fingerprint density at radius 2 is 1.59 bits per heavy atom. The number of amides is 2. The van der Waals surface area contributed by atoms with Crippen LogP contribution < -0.4 is 5.32 Å². The summed E-state index contributed by atoms with van der Waals surface area (Å²) < 4.78 is 4.96. The molecular formula is C17H32N2O3. The van der Waals surface area contributed by atoms with E-state index in [2.05, 4.69) is 19.2 Å². The Bertz CT molecular complexity index is 344. The number of hydrogen-bond donors (Lipinski definition) is 1. The Labute approximate surface area is 134 Å². The maximum atomic E-state index is 12.7. The first-order chi connectivity index (χ1) is 10.6. The topological polar surface area (TPSA) is 58.6 Å². The lowest BCUT2D eigenvalue weighted by Gasteiger charge is -2.37. The maximum absolute atomic E-state index is 12.7. The molecule has 1 aliphatic carbocycles. The number of ether oxygens (including phenoxy) is 1. The van der Waals surface area contributed by atoms with Crippen LogP contribution in [-0.4, -0.2) is 42.6 Å². The van der Waals surface area contributed by atoms with Gasteiger partial charge in [-0.2, -0.15) is 0 Å². The monoisotopic (exact) mass is 312 g/mol. The highest BCUT2D eigenvalue weighted by Gasteiger charge is 2.42. The van der Waals surface area contributed by atoms with E-state index in [0.717, 1.165) is 58.0 Å². The van der Waals surface area contributed by atoms with E-state index in [1.54, 1.807) is 0 Å². The molecule has 0 radical (unpaired) electrons. The van der Waals surface area contributed by atoms with Crippen LogP contribution in [0.15, 0.2) is 0 Å². The molecule has 0 aliphatic heterocycles. The second-order valence-corrected chi connectivity index (χ2v) is 6.26. The Morgan fingerprint density at radius 1 is 1.05 bits per heavy atom. The Hall–Kier alpha value is -1.26. The standard InChI is InChI=1S/C17H32N2O3/c1-4-6-13-19(14-7-5-2)16(21)18-17(15(20)22-3)11-9-8-10-12-17/h4-14H2,1-3H3,(H,18,21). The van der Waals surface area contributed by atoms with E-state index in [1.165, 1.54) is 7.11 Å². The largest absolute Gasteiger partial charge is 0.467 e. The smallest absolute Gasteiger partial charge is 0.331 e. The summed E-state index contributed by atoms with van der Waals surface area (Å²) in [7, 11) is 1.40. The summed E-state index contributed by atoms with van der Waals surface area (Å²) >= 11 is 0. The summed E-state index contributed by atoms with van der Waals surface area (Å²) in [6.45, 7) is 5.74. The van der Waals surface area contributed by atoms with Gasteiger partial charge >= 0.3 is 12.0 Å². The van der Waals surface area contributed by atoms with Gasteiger partial charge in [0.05, 0.1) is 7.11 Å². The van der Waals surface area contributed by atoms with E-state index in [9.17, 15) is 9.59 Å². The molecule has 0 unspecified atom stereocenters. The SMILES string of the molecule is CCCCN(CCCC)C(=O)NC1(C(=O)OC)CCCCC1. The summed E-state index contributed by atoms with van der Waals surface area (Å²) in [5.74, 6) is -0.300. The van der Waals surface area contributed by atoms with Crippen LogP contribution in [0.1, 0.15) is 71.6 Å². The summed E-state index contributed by atoms with van der Waals surface area (Å²) in [5, 5.41) is 3.01. The summed E-state index contributed by atoms with van der Waals surface area (Å²) in [6.07, 6.45) is 8.48. The van der Waals surface area contributed by atoms with Crippen LogP contribution in [0, 0.1) is 0 Å². The van der Waals surface area contributed by atoms with Gasteiger partial charge in [0, 0.05) is 13.1 Å². The molecule has 2 amide bonds. The first kappa shape index (κ1) is 18.8. The Kier molecular flexibility index (Phi) is 8.28. The zero-order chi connectivity index (χ0) is 16.4. The summed E-state index contributed by atoms with van der Waals surface area (Å²) in [4.78, 5) is 26.7. The molecule has 0 heterocycles.